The number of fused-ring (bicyclic) bond motifs is 1. The van der Waals surface area contributed by atoms with Crippen LogP contribution in [0.2, 0.25) is 5.02 Å². The molecule has 4 rings (SSSR count). The van der Waals surface area contributed by atoms with Crippen molar-refractivity contribution in [3.8, 4) is 0 Å². The molecule has 0 spiro atoms. The second-order valence-electron chi connectivity index (χ2n) is 7.96. The third kappa shape index (κ3) is 4.07. The van der Waals surface area contributed by atoms with E-state index in [0.29, 0.717) is 35.1 Å². The molecule has 2 aromatic rings. The standard InChI is InChI=1S/C22H24ClN3O4S/c1-14-5-6-17(23)13-19(14)24-22(28)21-12-16-11-18(7-8-20(16)26(21)15(2)27)31(29,30)25-9-3-4-10-25/h5-8,11,13,21H,3-4,9-10,12H2,1-2H3,(H,24,28)/t21-/m0/s1. The maximum Gasteiger partial charge on any atom is 0.247 e. The highest BCUT2D eigenvalue weighted by molar-refractivity contribution is 7.89. The van der Waals surface area contributed by atoms with Crippen molar-refractivity contribution < 1.29 is 18.0 Å². The lowest BCUT2D eigenvalue weighted by molar-refractivity contribution is -0.122. The summed E-state index contributed by atoms with van der Waals surface area (Å²) in [6.07, 6.45) is 1.95. The number of benzene rings is 2. The summed E-state index contributed by atoms with van der Waals surface area (Å²) in [5.74, 6) is -0.627. The fourth-order valence-electron chi connectivity index (χ4n) is 4.21. The van der Waals surface area contributed by atoms with Gasteiger partial charge in [0.05, 0.1) is 4.90 Å². The van der Waals surface area contributed by atoms with Crippen molar-refractivity contribution in [1.29, 1.82) is 0 Å². The number of amides is 2. The van der Waals surface area contributed by atoms with Gasteiger partial charge < -0.3 is 5.32 Å². The molecular weight excluding hydrogens is 438 g/mol. The molecule has 0 radical (unpaired) electrons. The van der Waals surface area contributed by atoms with Crippen molar-refractivity contribution >= 4 is 44.8 Å². The Bertz CT molecular complexity index is 1160. The second kappa shape index (κ2) is 8.26. The molecule has 2 aromatic carbocycles. The first-order chi connectivity index (χ1) is 14.7. The van der Waals surface area contributed by atoms with Crippen LogP contribution in [0.4, 0.5) is 11.4 Å². The quantitative estimate of drug-likeness (QED) is 0.756. The number of carbonyl (C=O) groups excluding carboxylic acids is 2. The third-order valence-electron chi connectivity index (χ3n) is 5.84. The maximum atomic E-state index is 13.1. The largest absolute Gasteiger partial charge is 0.324 e. The first-order valence-electron chi connectivity index (χ1n) is 10.2. The lowest BCUT2D eigenvalue weighted by Crippen LogP contribution is -2.44. The third-order valence-corrected chi connectivity index (χ3v) is 7.97. The molecule has 0 unspecified atom stereocenters. The summed E-state index contributed by atoms with van der Waals surface area (Å²) in [6, 6.07) is 9.17. The van der Waals surface area contributed by atoms with Crippen LogP contribution in [0, 0.1) is 6.92 Å². The molecule has 1 atom stereocenters. The molecule has 0 saturated carbocycles. The number of halogens is 1. The van der Waals surface area contributed by atoms with Crippen LogP contribution in [0.15, 0.2) is 41.3 Å². The van der Waals surface area contributed by atoms with Crippen molar-refractivity contribution in [3.63, 3.8) is 0 Å². The molecule has 0 bridgehead atoms. The summed E-state index contributed by atoms with van der Waals surface area (Å²) < 4.78 is 27.3. The summed E-state index contributed by atoms with van der Waals surface area (Å²) in [5.41, 5.74) is 2.66. The van der Waals surface area contributed by atoms with E-state index in [1.165, 1.54) is 22.2 Å². The first-order valence-corrected chi connectivity index (χ1v) is 12.0. The van der Waals surface area contributed by atoms with Crippen LogP contribution in [-0.2, 0) is 26.0 Å². The molecular formula is C22H24ClN3O4S. The Kier molecular flexibility index (Phi) is 5.81. The number of hydrogen-bond donors (Lipinski definition) is 1. The molecule has 2 aliphatic heterocycles. The van der Waals surface area contributed by atoms with Gasteiger partial charge in [-0.3, -0.25) is 14.5 Å². The summed E-state index contributed by atoms with van der Waals surface area (Å²) in [4.78, 5) is 27.1. The van der Waals surface area contributed by atoms with Crippen LogP contribution < -0.4 is 10.2 Å². The number of hydrogen-bond acceptors (Lipinski definition) is 4. The number of rotatable bonds is 4. The van der Waals surface area contributed by atoms with E-state index in [1.807, 2.05) is 6.92 Å². The monoisotopic (exact) mass is 461 g/mol. The Morgan fingerprint density at radius 2 is 1.81 bits per heavy atom. The van der Waals surface area contributed by atoms with Crippen LogP contribution in [-0.4, -0.2) is 43.7 Å². The number of nitrogens with one attached hydrogen (secondary N) is 1. The van der Waals surface area contributed by atoms with Crippen LogP contribution in [0.5, 0.6) is 0 Å². The molecule has 1 saturated heterocycles. The van der Waals surface area contributed by atoms with E-state index < -0.39 is 16.1 Å². The van der Waals surface area contributed by atoms with Gasteiger partial charge in [0.1, 0.15) is 6.04 Å². The Morgan fingerprint density at radius 1 is 1.10 bits per heavy atom. The zero-order chi connectivity index (χ0) is 22.3. The van der Waals surface area contributed by atoms with Crippen molar-refractivity contribution in [2.45, 2.75) is 44.0 Å². The van der Waals surface area contributed by atoms with Crippen molar-refractivity contribution in [3.05, 3.63) is 52.5 Å². The van der Waals surface area contributed by atoms with E-state index in [4.69, 9.17) is 11.6 Å². The molecule has 9 heteroatoms. The van der Waals surface area contributed by atoms with Crippen LogP contribution in [0.25, 0.3) is 0 Å². The lowest BCUT2D eigenvalue weighted by Gasteiger charge is -2.24. The van der Waals surface area contributed by atoms with E-state index in [-0.39, 0.29) is 23.1 Å². The first kappa shape index (κ1) is 21.8. The second-order valence-corrected chi connectivity index (χ2v) is 10.3. The average Bonchev–Trinajstić information content (AvgIpc) is 3.38. The molecule has 31 heavy (non-hydrogen) atoms. The molecule has 1 fully saturated rings. The van der Waals surface area contributed by atoms with Gasteiger partial charge in [-0.2, -0.15) is 4.31 Å². The fraction of sp³-hybridized carbons (Fsp3) is 0.364. The molecule has 0 aliphatic carbocycles. The topological polar surface area (TPSA) is 86.8 Å². The fourth-order valence-corrected chi connectivity index (χ4v) is 5.95. The van der Waals surface area contributed by atoms with Crippen LogP contribution in [0.3, 0.4) is 0 Å². The van der Waals surface area contributed by atoms with Gasteiger partial charge in [0.15, 0.2) is 0 Å². The molecule has 164 valence electrons. The van der Waals surface area contributed by atoms with E-state index >= 15 is 0 Å². The number of sulfonamides is 1. The van der Waals surface area contributed by atoms with E-state index in [9.17, 15) is 18.0 Å². The molecule has 2 heterocycles. The Morgan fingerprint density at radius 3 is 2.48 bits per heavy atom. The van der Waals surface area contributed by atoms with Gasteiger partial charge in [0.2, 0.25) is 21.8 Å². The lowest BCUT2D eigenvalue weighted by atomic mass is 10.1. The van der Waals surface area contributed by atoms with Crippen LogP contribution >= 0.6 is 11.6 Å². The SMILES string of the molecule is CC(=O)N1c2ccc(S(=O)(=O)N3CCCC3)cc2C[C@H]1C(=O)Nc1cc(Cl)ccc1C. The van der Waals surface area contributed by atoms with Crippen LogP contribution in [0.1, 0.15) is 30.9 Å². The number of carbonyl (C=O) groups is 2. The van der Waals surface area contributed by atoms with E-state index in [0.717, 1.165) is 18.4 Å². The summed E-state index contributed by atoms with van der Waals surface area (Å²) >= 11 is 6.05. The predicted octanol–water partition coefficient (Wildman–Crippen LogP) is 3.35. The Balaban J connectivity index is 1.63. The minimum atomic E-state index is -3.58. The minimum absolute atomic E-state index is 0.198. The van der Waals surface area contributed by atoms with Crippen molar-refractivity contribution in [2.75, 3.05) is 23.3 Å². The van der Waals surface area contributed by atoms with Gasteiger partial charge in [-0.15, -0.1) is 0 Å². The molecule has 0 aromatic heterocycles. The summed E-state index contributed by atoms with van der Waals surface area (Å²) in [6.45, 7) is 4.29. The number of aryl methyl sites for hydroxylation is 1. The highest BCUT2D eigenvalue weighted by atomic mass is 35.5. The molecule has 2 aliphatic rings. The van der Waals surface area contributed by atoms with E-state index in [1.54, 1.807) is 30.3 Å². The highest BCUT2D eigenvalue weighted by Gasteiger charge is 2.38. The van der Waals surface area contributed by atoms with Gasteiger partial charge in [0, 0.05) is 42.8 Å². The average molecular weight is 462 g/mol. The summed E-state index contributed by atoms with van der Waals surface area (Å²) in [5, 5.41) is 3.35. The zero-order valence-corrected chi connectivity index (χ0v) is 19.0. The number of nitrogens with zero attached hydrogens (tertiary/aromatic N) is 2. The molecule has 7 nitrogen and oxygen atoms in total. The normalized spacial score (nSPS) is 18.8. The Hall–Kier alpha value is -2.42. The van der Waals surface area contributed by atoms with Gasteiger partial charge in [-0.25, -0.2) is 8.42 Å². The number of anilines is 2. The van der Waals surface area contributed by atoms with Gasteiger partial charge >= 0.3 is 0 Å². The smallest absolute Gasteiger partial charge is 0.247 e. The highest BCUT2D eigenvalue weighted by Crippen LogP contribution is 2.36. The molecule has 1 N–H and O–H groups in total. The predicted molar refractivity (Wildman–Crippen MR) is 120 cm³/mol. The Labute approximate surface area is 187 Å². The van der Waals surface area contributed by atoms with Crippen molar-refractivity contribution in [1.82, 2.24) is 4.31 Å². The summed E-state index contributed by atoms with van der Waals surface area (Å²) in [7, 11) is -3.58. The zero-order valence-electron chi connectivity index (χ0n) is 17.4. The minimum Gasteiger partial charge on any atom is -0.324 e. The van der Waals surface area contributed by atoms with E-state index in [2.05, 4.69) is 5.32 Å². The van der Waals surface area contributed by atoms with Gasteiger partial charge in [-0.05, 0) is 61.2 Å². The van der Waals surface area contributed by atoms with Gasteiger partial charge in [-0.1, -0.05) is 17.7 Å². The molecule has 2 amide bonds. The maximum absolute atomic E-state index is 13.1. The van der Waals surface area contributed by atoms with Gasteiger partial charge in [0.25, 0.3) is 0 Å². The van der Waals surface area contributed by atoms with Crippen molar-refractivity contribution in [2.24, 2.45) is 0 Å².